The van der Waals surface area contributed by atoms with Crippen LogP contribution < -0.4 is 9.62 Å². The summed E-state index contributed by atoms with van der Waals surface area (Å²) < 4.78 is 29.3. The summed E-state index contributed by atoms with van der Waals surface area (Å²) in [4.78, 5) is 29.3. The number of hydrogen-bond donors (Lipinski definition) is 1. The van der Waals surface area contributed by atoms with E-state index in [0.717, 1.165) is 34.2 Å². The molecule has 0 bridgehead atoms. The van der Waals surface area contributed by atoms with Crippen LogP contribution in [0.25, 0.3) is 0 Å². The first kappa shape index (κ1) is 31.9. The van der Waals surface area contributed by atoms with Gasteiger partial charge in [-0.1, -0.05) is 61.9 Å². The number of rotatable bonds is 12. The highest BCUT2D eigenvalue weighted by molar-refractivity contribution is 7.92. The Morgan fingerprint density at radius 3 is 2.00 bits per heavy atom. The van der Waals surface area contributed by atoms with E-state index in [4.69, 9.17) is 0 Å². The third-order valence-electron chi connectivity index (χ3n) is 7.37. The van der Waals surface area contributed by atoms with E-state index in [0.29, 0.717) is 12.1 Å². The van der Waals surface area contributed by atoms with Gasteiger partial charge in [0.15, 0.2) is 0 Å². The van der Waals surface area contributed by atoms with E-state index in [-0.39, 0.29) is 23.4 Å². The molecule has 0 saturated carbocycles. The molecule has 0 aliphatic rings. The van der Waals surface area contributed by atoms with Gasteiger partial charge in [0.1, 0.15) is 12.6 Å². The lowest BCUT2D eigenvalue weighted by Gasteiger charge is -2.34. The van der Waals surface area contributed by atoms with E-state index in [1.54, 1.807) is 36.4 Å². The molecule has 220 valence electrons. The zero-order valence-electron chi connectivity index (χ0n) is 25.3. The largest absolute Gasteiger partial charge is 0.352 e. The maximum atomic E-state index is 14.2. The highest BCUT2D eigenvalue weighted by Gasteiger charge is 2.34. The number of hydrogen-bond acceptors (Lipinski definition) is 4. The van der Waals surface area contributed by atoms with Crippen molar-refractivity contribution >= 4 is 27.5 Å². The van der Waals surface area contributed by atoms with Gasteiger partial charge in [0, 0.05) is 12.6 Å². The molecule has 0 aliphatic carbocycles. The molecule has 41 heavy (non-hydrogen) atoms. The van der Waals surface area contributed by atoms with Crippen molar-refractivity contribution in [2.45, 2.75) is 84.8 Å². The lowest BCUT2D eigenvalue weighted by atomic mass is 10.1. The van der Waals surface area contributed by atoms with Crippen molar-refractivity contribution in [2.24, 2.45) is 0 Å². The molecular formula is C33H43N3O4S. The molecule has 0 radical (unpaired) electrons. The number of aryl methyl sites for hydroxylation is 4. The van der Waals surface area contributed by atoms with Crippen LogP contribution in [-0.2, 0) is 26.2 Å². The van der Waals surface area contributed by atoms with Crippen molar-refractivity contribution < 1.29 is 18.0 Å². The Morgan fingerprint density at radius 1 is 0.829 bits per heavy atom. The van der Waals surface area contributed by atoms with Crippen LogP contribution in [0.5, 0.6) is 0 Å². The molecule has 0 heterocycles. The molecule has 2 atom stereocenters. The van der Waals surface area contributed by atoms with Crippen LogP contribution in [-0.4, -0.2) is 43.8 Å². The molecule has 0 aliphatic heterocycles. The number of carbonyl (C=O) groups is 2. The quantitative estimate of drug-likeness (QED) is 0.293. The first-order chi connectivity index (χ1) is 19.4. The minimum atomic E-state index is -4.10. The molecule has 0 saturated heterocycles. The van der Waals surface area contributed by atoms with Crippen LogP contribution in [0.15, 0.2) is 71.6 Å². The average Bonchev–Trinajstić information content (AvgIpc) is 2.92. The Balaban J connectivity index is 2.10. The smallest absolute Gasteiger partial charge is 0.264 e. The Labute approximate surface area is 245 Å². The summed E-state index contributed by atoms with van der Waals surface area (Å²) in [6.45, 7) is 13.2. The van der Waals surface area contributed by atoms with Gasteiger partial charge in [0.05, 0.1) is 10.6 Å². The maximum Gasteiger partial charge on any atom is 0.264 e. The molecule has 3 aromatic rings. The Hall–Kier alpha value is -3.65. The van der Waals surface area contributed by atoms with Crippen molar-refractivity contribution in [1.82, 2.24) is 10.2 Å². The predicted octanol–water partition coefficient (Wildman–Crippen LogP) is 5.84. The number of nitrogens with one attached hydrogen (secondary N) is 1. The van der Waals surface area contributed by atoms with Crippen LogP contribution in [0.2, 0.25) is 0 Å². The van der Waals surface area contributed by atoms with Crippen LogP contribution in [0, 0.1) is 27.7 Å². The van der Waals surface area contributed by atoms with Crippen LogP contribution in [0.3, 0.4) is 0 Å². The molecular weight excluding hydrogens is 534 g/mol. The Morgan fingerprint density at radius 2 is 1.44 bits per heavy atom. The van der Waals surface area contributed by atoms with Gasteiger partial charge in [-0.15, -0.1) is 0 Å². The molecule has 2 amide bonds. The third kappa shape index (κ3) is 7.97. The maximum absolute atomic E-state index is 14.2. The van der Waals surface area contributed by atoms with Crippen LogP contribution in [0.4, 0.5) is 5.69 Å². The normalized spacial score (nSPS) is 12.9. The summed E-state index contributed by atoms with van der Waals surface area (Å²) in [6.07, 6.45) is 1.14. The lowest BCUT2D eigenvalue weighted by Crippen LogP contribution is -2.53. The number of benzene rings is 3. The predicted molar refractivity (Wildman–Crippen MR) is 165 cm³/mol. The zero-order chi connectivity index (χ0) is 30.3. The van der Waals surface area contributed by atoms with Crippen molar-refractivity contribution in [2.75, 3.05) is 10.8 Å². The standard InChI is InChI=1S/C33H43N3O4S/c1-8-27(7)34-33(38)31(9-2)35(21-28-13-11-10-12-26(28)6)32(37)22-36(29-19-24(4)18-25(5)20-29)41(39,40)30-16-14-23(3)15-17-30/h10-20,27,31H,8-9,21-22H2,1-7H3,(H,34,38)/t27-,31-/m1/s1. The number of amides is 2. The van der Waals surface area contributed by atoms with Crippen molar-refractivity contribution in [3.05, 3.63) is 94.5 Å². The van der Waals surface area contributed by atoms with Crippen molar-refractivity contribution in [3.63, 3.8) is 0 Å². The lowest BCUT2D eigenvalue weighted by molar-refractivity contribution is -0.140. The van der Waals surface area contributed by atoms with Gasteiger partial charge in [-0.2, -0.15) is 0 Å². The van der Waals surface area contributed by atoms with E-state index in [9.17, 15) is 18.0 Å². The second kappa shape index (κ2) is 13.8. The van der Waals surface area contributed by atoms with Crippen LogP contribution >= 0.6 is 0 Å². The summed E-state index contributed by atoms with van der Waals surface area (Å²) >= 11 is 0. The molecule has 7 nitrogen and oxygen atoms in total. The van der Waals surface area contributed by atoms with Crippen molar-refractivity contribution in [1.29, 1.82) is 0 Å². The molecule has 0 aromatic heterocycles. The summed E-state index contributed by atoms with van der Waals surface area (Å²) in [5.74, 6) is -0.697. The average molecular weight is 578 g/mol. The van der Waals surface area contributed by atoms with E-state index in [1.165, 1.54) is 9.21 Å². The van der Waals surface area contributed by atoms with E-state index in [2.05, 4.69) is 5.32 Å². The molecule has 3 rings (SSSR count). The number of sulfonamides is 1. The fraction of sp³-hybridized carbons (Fsp3) is 0.394. The summed E-state index contributed by atoms with van der Waals surface area (Å²) in [5, 5.41) is 3.01. The van der Waals surface area contributed by atoms with E-state index >= 15 is 0 Å². The number of carbonyl (C=O) groups excluding carboxylic acids is 2. The van der Waals surface area contributed by atoms with E-state index < -0.39 is 28.5 Å². The van der Waals surface area contributed by atoms with Gasteiger partial charge >= 0.3 is 0 Å². The van der Waals surface area contributed by atoms with Crippen LogP contribution in [0.1, 0.15) is 61.4 Å². The fourth-order valence-corrected chi connectivity index (χ4v) is 6.19. The molecule has 1 N–H and O–H groups in total. The van der Waals surface area contributed by atoms with Gasteiger partial charge in [-0.25, -0.2) is 8.42 Å². The Kier molecular flexibility index (Phi) is 10.7. The number of nitrogens with zero attached hydrogens (tertiary/aromatic N) is 2. The Bertz CT molecular complexity index is 1450. The molecule has 0 fully saturated rings. The molecule has 3 aromatic carbocycles. The van der Waals surface area contributed by atoms with Gasteiger partial charge in [0.25, 0.3) is 10.0 Å². The van der Waals surface area contributed by atoms with Crippen molar-refractivity contribution in [3.8, 4) is 0 Å². The topological polar surface area (TPSA) is 86.8 Å². The summed E-state index contributed by atoms with van der Waals surface area (Å²) in [6, 6.07) is 19.0. The number of anilines is 1. The minimum absolute atomic E-state index is 0.0550. The SMILES string of the molecule is CC[C@@H](C)NC(=O)[C@@H](CC)N(Cc1ccccc1C)C(=O)CN(c1cc(C)cc(C)c1)S(=O)(=O)c1ccc(C)cc1. The molecule has 0 spiro atoms. The third-order valence-corrected chi connectivity index (χ3v) is 9.16. The highest BCUT2D eigenvalue weighted by atomic mass is 32.2. The fourth-order valence-electron chi connectivity index (χ4n) is 4.79. The zero-order valence-corrected chi connectivity index (χ0v) is 26.1. The second-order valence-electron chi connectivity index (χ2n) is 10.9. The van der Waals surface area contributed by atoms with Gasteiger partial charge in [-0.05, 0) is 94.0 Å². The molecule has 8 heteroatoms. The highest BCUT2D eigenvalue weighted by Crippen LogP contribution is 2.27. The molecule has 0 unspecified atom stereocenters. The summed E-state index contributed by atoms with van der Waals surface area (Å²) in [7, 11) is -4.10. The van der Waals surface area contributed by atoms with Gasteiger partial charge < -0.3 is 10.2 Å². The monoisotopic (exact) mass is 577 g/mol. The van der Waals surface area contributed by atoms with E-state index in [1.807, 2.05) is 78.8 Å². The first-order valence-electron chi connectivity index (χ1n) is 14.2. The summed E-state index contributed by atoms with van der Waals surface area (Å²) in [5.41, 5.74) is 4.99. The first-order valence-corrected chi connectivity index (χ1v) is 15.6. The van der Waals surface area contributed by atoms with Gasteiger partial charge in [0.2, 0.25) is 11.8 Å². The second-order valence-corrected chi connectivity index (χ2v) is 12.7. The van der Waals surface area contributed by atoms with Gasteiger partial charge in [-0.3, -0.25) is 13.9 Å². The minimum Gasteiger partial charge on any atom is -0.352 e.